The highest BCUT2D eigenvalue weighted by molar-refractivity contribution is 9.10. The molecular weight excluding hydrogens is 494 g/mol. The molecule has 0 aliphatic carbocycles. The summed E-state index contributed by atoms with van der Waals surface area (Å²) in [7, 11) is 0. The van der Waals surface area contributed by atoms with E-state index in [0.717, 1.165) is 33.3 Å². The molecule has 1 amide bonds. The van der Waals surface area contributed by atoms with Gasteiger partial charge in [-0.2, -0.15) is 0 Å². The fourth-order valence-corrected chi connectivity index (χ4v) is 4.99. The molecule has 34 heavy (non-hydrogen) atoms. The average molecular weight is 518 g/mol. The Labute approximate surface area is 206 Å². The molecule has 172 valence electrons. The molecule has 3 aromatic rings. The van der Waals surface area contributed by atoms with Crippen LogP contribution in [0.15, 0.2) is 82.8 Å². The van der Waals surface area contributed by atoms with E-state index in [1.807, 2.05) is 73.7 Å². The standard InChI is InChI=1S/C28H24BrNO4/c1-17-15-21-16-20(9-12-23(21)34-17)26(31)24-25(19-7-10-22(29)11-8-19)30(28(33)27(24)32)14-13-18-5-3-2-4-6-18/h2-12,16-17,25,31H,13-15H2,1H3/t17-,25+/m1/s1. The first-order valence-corrected chi connectivity index (χ1v) is 12.1. The largest absolute Gasteiger partial charge is 0.507 e. The van der Waals surface area contributed by atoms with Gasteiger partial charge in [0.1, 0.15) is 17.6 Å². The number of rotatable bonds is 5. The van der Waals surface area contributed by atoms with E-state index in [-0.39, 0.29) is 17.4 Å². The van der Waals surface area contributed by atoms with Crippen LogP contribution in [0.5, 0.6) is 5.75 Å². The van der Waals surface area contributed by atoms with E-state index in [9.17, 15) is 14.7 Å². The molecule has 0 spiro atoms. The van der Waals surface area contributed by atoms with Crippen molar-refractivity contribution in [1.29, 1.82) is 0 Å². The molecule has 0 bridgehead atoms. The van der Waals surface area contributed by atoms with E-state index in [1.54, 1.807) is 11.0 Å². The summed E-state index contributed by atoms with van der Waals surface area (Å²) in [5, 5.41) is 11.3. The SMILES string of the molecule is C[C@@H]1Cc2cc(C(O)=C3C(=O)C(=O)N(CCc4ccccc4)[C@H]3c3ccc(Br)cc3)ccc2O1. The van der Waals surface area contributed by atoms with Gasteiger partial charge in [-0.1, -0.05) is 58.4 Å². The number of likely N-dealkylation sites (tertiary alicyclic amines) is 1. The van der Waals surface area contributed by atoms with Gasteiger partial charge in [0, 0.05) is 23.0 Å². The van der Waals surface area contributed by atoms with Gasteiger partial charge in [-0.3, -0.25) is 9.59 Å². The number of halogens is 1. The molecule has 2 aliphatic heterocycles. The number of aliphatic hydroxyl groups is 1. The zero-order chi connectivity index (χ0) is 23.8. The van der Waals surface area contributed by atoms with Crippen molar-refractivity contribution in [3.8, 4) is 5.75 Å². The van der Waals surface area contributed by atoms with E-state index in [4.69, 9.17) is 4.74 Å². The first kappa shape index (κ1) is 22.4. The van der Waals surface area contributed by atoms with Gasteiger partial charge in [-0.15, -0.1) is 0 Å². The van der Waals surface area contributed by atoms with Crippen molar-refractivity contribution in [3.63, 3.8) is 0 Å². The quantitative estimate of drug-likeness (QED) is 0.278. The summed E-state index contributed by atoms with van der Waals surface area (Å²) in [4.78, 5) is 28.0. The smallest absolute Gasteiger partial charge is 0.295 e. The summed E-state index contributed by atoms with van der Waals surface area (Å²) < 4.78 is 6.66. The Balaban J connectivity index is 1.57. The summed E-state index contributed by atoms with van der Waals surface area (Å²) in [6, 6.07) is 22.1. The third-order valence-electron chi connectivity index (χ3n) is 6.38. The average Bonchev–Trinajstić information content (AvgIpc) is 3.34. The summed E-state index contributed by atoms with van der Waals surface area (Å²) >= 11 is 3.45. The van der Waals surface area contributed by atoms with Gasteiger partial charge in [0.05, 0.1) is 11.6 Å². The van der Waals surface area contributed by atoms with E-state index < -0.39 is 17.7 Å². The molecule has 0 aromatic heterocycles. The maximum absolute atomic E-state index is 13.2. The number of ketones is 1. The summed E-state index contributed by atoms with van der Waals surface area (Å²) in [6.07, 6.45) is 1.41. The highest BCUT2D eigenvalue weighted by Crippen LogP contribution is 2.41. The Morgan fingerprint density at radius 3 is 2.53 bits per heavy atom. The molecule has 2 atom stereocenters. The number of hydrogen-bond donors (Lipinski definition) is 1. The third kappa shape index (κ3) is 4.14. The van der Waals surface area contributed by atoms with Gasteiger partial charge in [-0.25, -0.2) is 0 Å². The molecule has 3 aromatic carbocycles. The Bertz CT molecular complexity index is 1280. The monoisotopic (exact) mass is 517 g/mol. The molecule has 0 unspecified atom stereocenters. The maximum atomic E-state index is 13.2. The van der Waals surface area contributed by atoms with Gasteiger partial charge < -0.3 is 14.7 Å². The van der Waals surface area contributed by atoms with Crippen LogP contribution in [-0.2, 0) is 22.4 Å². The second kappa shape index (κ2) is 9.11. The second-order valence-corrected chi connectivity index (χ2v) is 9.65. The van der Waals surface area contributed by atoms with Crippen LogP contribution in [0.3, 0.4) is 0 Å². The number of amides is 1. The van der Waals surface area contributed by atoms with Crippen LogP contribution in [0.4, 0.5) is 0 Å². The van der Waals surface area contributed by atoms with Crippen LogP contribution < -0.4 is 4.74 Å². The van der Waals surface area contributed by atoms with Gasteiger partial charge in [0.15, 0.2) is 0 Å². The van der Waals surface area contributed by atoms with Gasteiger partial charge >= 0.3 is 0 Å². The molecule has 2 aliphatic rings. The van der Waals surface area contributed by atoms with Crippen molar-refractivity contribution in [2.24, 2.45) is 0 Å². The van der Waals surface area contributed by atoms with Crippen LogP contribution in [0.25, 0.3) is 5.76 Å². The molecule has 5 nitrogen and oxygen atoms in total. The minimum absolute atomic E-state index is 0.0683. The maximum Gasteiger partial charge on any atom is 0.295 e. The fraction of sp³-hybridized carbons (Fsp3) is 0.214. The number of ether oxygens (including phenoxy) is 1. The number of carbonyl (C=O) groups excluding carboxylic acids is 2. The van der Waals surface area contributed by atoms with Crippen molar-refractivity contribution in [1.82, 2.24) is 4.90 Å². The highest BCUT2D eigenvalue weighted by atomic mass is 79.9. The topological polar surface area (TPSA) is 66.8 Å². The van der Waals surface area contributed by atoms with E-state index in [0.29, 0.717) is 18.5 Å². The first-order valence-electron chi connectivity index (χ1n) is 11.3. The lowest BCUT2D eigenvalue weighted by atomic mass is 9.94. The number of aliphatic hydroxyl groups excluding tert-OH is 1. The van der Waals surface area contributed by atoms with E-state index in [1.165, 1.54) is 0 Å². The summed E-state index contributed by atoms with van der Waals surface area (Å²) in [5.41, 5.74) is 3.46. The molecule has 0 radical (unpaired) electrons. The molecule has 0 saturated carbocycles. The Kier molecular flexibility index (Phi) is 6.00. The summed E-state index contributed by atoms with van der Waals surface area (Å²) in [6.45, 7) is 2.35. The molecular formula is C28H24BrNO4. The Hall–Kier alpha value is -3.38. The van der Waals surface area contributed by atoms with Crippen LogP contribution in [0.2, 0.25) is 0 Å². The normalized spacial score (nSPS) is 20.9. The number of benzene rings is 3. The Morgan fingerprint density at radius 1 is 1.06 bits per heavy atom. The minimum atomic E-state index is -0.666. The molecule has 5 rings (SSSR count). The number of Topliss-reactive ketones (excluding diaryl/α,β-unsaturated/α-hetero) is 1. The molecule has 1 saturated heterocycles. The predicted molar refractivity (Wildman–Crippen MR) is 134 cm³/mol. The number of nitrogens with zero attached hydrogens (tertiary/aromatic N) is 1. The lowest BCUT2D eigenvalue weighted by molar-refractivity contribution is -0.139. The van der Waals surface area contributed by atoms with E-state index in [2.05, 4.69) is 15.9 Å². The molecule has 2 heterocycles. The van der Waals surface area contributed by atoms with Crippen molar-refractivity contribution in [2.45, 2.75) is 31.9 Å². The lowest BCUT2D eigenvalue weighted by Crippen LogP contribution is -2.31. The number of hydrogen-bond acceptors (Lipinski definition) is 4. The van der Waals surface area contributed by atoms with Crippen molar-refractivity contribution >= 4 is 33.4 Å². The Morgan fingerprint density at radius 2 is 1.79 bits per heavy atom. The molecule has 1 N–H and O–H groups in total. The van der Waals surface area contributed by atoms with Gasteiger partial charge in [-0.05, 0) is 60.4 Å². The lowest BCUT2D eigenvalue weighted by Gasteiger charge is -2.25. The first-order chi connectivity index (χ1) is 16.4. The zero-order valence-corrected chi connectivity index (χ0v) is 20.3. The molecule has 6 heteroatoms. The number of carbonyl (C=O) groups is 2. The zero-order valence-electron chi connectivity index (χ0n) is 18.7. The minimum Gasteiger partial charge on any atom is -0.507 e. The molecule has 1 fully saturated rings. The fourth-order valence-electron chi connectivity index (χ4n) is 4.72. The predicted octanol–water partition coefficient (Wildman–Crippen LogP) is 5.44. The van der Waals surface area contributed by atoms with Gasteiger partial charge in [0.2, 0.25) is 0 Å². The van der Waals surface area contributed by atoms with E-state index >= 15 is 0 Å². The van der Waals surface area contributed by atoms with Crippen molar-refractivity contribution < 1.29 is 19.4 Å². The van der Waals surface area contributed by atoms with Crippen molar-refractivity contribution in [2.75, 3.05) is 6.54 Å². The van der Waals surface area contributed by atoms with Crippen LogP contribution in [0.1, 0.15) is 35.2 Å². The second-order valence-electron chi connectivity index (χ2n) is 8.73. The third-order valence-corrected chi connectivity index (χ3v) is 6.91. The summed E-state index contributed by atoms with van der Waals surface area (Å²) in [5.74, 6) is -0.625. The van der Waals surface area contributed by atoms with Crippen LogP contribution in [-0.4, -0.2) is 34.3 Å². The van der Waals surface area contributed by atoms with Crippen LogP contribution >= 0.6 is 15.9 Å². The van der Waals surface area contributed by atoms with Crippen LogP contribution in [0, 0.1) is 0 Å². The van der Waals surface area contributed by atoms with Crippen molar-refractivity contribution in [3.05, 3.63) is 105 Å². The van der Waals surface area contributed by atoms with Gasteiger partial charge in [0.25, 0.3) is 11.7 Å². The number of fused-ring (bicyclic) bond motifs is 1. The highest BCUT2D eigenvalue weighted by Gasteiger charge is 2.45.